The molecule has 0 bridgehead atoms. The van der Waals surface area contributed by atoms with Gasteiger partial charge in [-0.25, -0.2) is 9.86 Å². The molecule has 0 spiro atoms. The maximum absolute atomic E-state index is 13.6. The Hall–Kier alpha value is -3.07. The number of hydroxylamine groups is 2. The van der Waals surface area contributed by atoms with Gasteiger partial charge in [0.25, 0.3) is 11.5 Å². The van der Waals surface area contributed by atoms with Crippen LogP contribution in [0.4, 0.5) is 4.79 Å². The minimum atomic E-state index is -0.659. The van der Waals surface area contributed by atoms with Gasteiger partial charge in [0.05, 0.1) is 31.3 Å². The highest BCUT2D eigenvalue weighted by molar-refractivity contribution is 5.99. The number of hydrogen-bond donors (Lipinski definition) is 1. The zero-order valence-electron chi connectivity index (χ0n) is 22.2. The molecule has 0 saturated heterocycles. The molecule has 2 amide bonds. The lowest BCUT2D eigenvalue weighted by Crippen LogP contribution is -2.35. The van der Waals surface area contributed by atoms with Crippen LogP contribution < -0.4 is 15.6 Å². The lowest BCUT2D eigenvalue weighted by Gasteiger charge is -2.23. The fraction of sp³-hybridized carbons (Fsp3) is 0.577. The standard InChI is InChI=1S/C26H39N3O6/c1-9-10-13-34-22-20-14-18(23(30)28(7)33-8)11-12-19(20)24(31)29(16-17(2)3)21(22)15-27-25(32)35-26(4,5)6/h11-12,14,17H,9-10,13,15-16H2,1-8H3,(H,27,32). The number of pyridine rings is 1. The maximum atomic E-state index is 13.6. The molecule has 0 aliphatic carbocycles. The number of carbonyl (C=O) groups excluding carboxylic acids is 2. The summed E-state index contributed by atoms with van der Waals surface area (Å²) in [6.45, 7) is 12.3. The second-order valence-corrected chi connectivity index (χ2v) is 9.89. The van der Waals surface area contributed by atoms with Crippen LogP contribution in [0.15, 0.2) is 23.0 Å². The molecule has 0 aliphatic rings. The number of aromatic nitrogens is 1. The van der Waals surface area contributed by atoms with Crippen LogP contribution >= 0.6 is 0 Å². The average Bonchev–Trinajstić information content (AvgIpc) is 2.78. The van der Waals surface area contributed by atoms with Gasteiger partial charge in [0.1, 0.15) is 11.4 Å². The van der Waals surface area contributed by atoms with E-state index in [0.29, 0.717) is 40.9 Å². The van der Waals surface area contributed by atoms with E-state index >= 15 is 0 Å². The zero-order valence-corrected chi connectivity index (χ0v) is 22.2. The maximum Gasteiger partial charge on any atom is 0.407 e. The van der Waals surface area contributed by atoms with Crippen LogP contribution in [-0.2, 0) is 22.7 Å². The first-order valence-corrected chi connectivity index (χ1v) is 12.0. The van der Waals surface area contributed by atoms with Gasteiger partial charge < -0.3 is 19.4 Å². The van der Waals surface area contributed by atoms with Crippen molar-refractivity contribution in [2.75, 3.05) is 20.8 Å². The van der Waals surface area contributed by atoms with Gasteiger partial charge in [0.15, 0.2) is 0 Å². The monoisotopic (exact) mass is 489 g/mol. The number of benzene rings is 1. The Morgan fingerprint density at radius 2 is 1.86 bits per heavy atom. The van der Waals surface area contributed by atoms with Crippen LogP contribution in [0.25, 0.3) is 10.8 Å². The number of amides is 2. The minimum Gasteiger partial charge on any atom is -0.491 e. The third kappa shape index (κ3) is 7.45. The lowest BCUT2D eigenvalue weighted by molar-refractivity contribution is -0.0756. The summed E-state index contributed by atoms with van der Waals surface area (Å²) in [7, 11) is 2.92. The molecule has 0 atom stereocenters. The minimum absolute atomic E-state index is 0.0322. The molecule has 2 rings (SSSR count). The van der Waals surface area contributed by atoms with Gasteiger partial charge in [0.2, 0.25) is 0 Å². The number of carbonyl (C=O) groups is 2. The average molecular weight is 490 g/mol. The van der Waals surface area contributed by atoms with Gasteiger partial charge in [-0.3, -0.25) is 14.4 Å². The fourth-order valence-electron chi connectivity index (χ4n) is 3.55. The molecule has 9 nitrogen and oxygen atoms in total. The van der Waals surface area contributed by atoms with Crippen LogP contribution in [0.5, 0.6) is 5.75 Å². The predicted molar refractivity (Wildman–Crippen MR) is 136 cm³/mol. The van der Waals surface area contributed by atoms with E-state index in [1.165, 1.54) is 14.2 Å². The number of hydrogen-bond acceptors (Lipinski definition) is 6. The Morgan fingerprint density at radius 1 is 1.17 bits per heavy atom. The normalized spacial score (nSPS) is 11.6. The largest absolute Gasteiger partial charge is 0.491 e. The molecule has 0 saturated carbocycles. The molecule has 1 heterocycles. The first kappa shape index (κ1) is 28.2. The zero-order chi connectivity index (χ0) is 26.3. The van der Waals surface area contributed by atoms with Crippen molar-refractivity contribution in [2.24, 2.45) is 5.92 Å². The highest BCUT2D eigenvalue weighted by Gasteiger charge is 2.23. The Labute approximate surface area is 207 Å². The fourth-order valence-corrected chi connectivity index (χ4v) is 3.55. The van der Waals surface area contributed by atoms with Gasteiger partial charge >= 0.3 is 6.09 Å². The summed E-state index contributed by atoms with van der Waals surface area (Å²) in [5.74, 6) is 0.290. The molecule has 1 aromatic heterocycles. The molecule has 35 heavy (non-hydrogen) atoms. The highest BCUT2D eigenvalue weighted by Crippen LogP contribution is 2.30. The van der Waals surface area contributed by atoms with E-state index in [0.717, 1.165) is 17.9 Å². The Morgan fingerprint density at radius 3 is 2.43 bits per heavy atom. The number of fused-ring (bicyclic) bond motifs is 1. The topological polar surface area (TPSA) is 99.1 Å². The van der Waals surface area contributed by atoms with Crippen LogP contribution in [0, 0.1) is 5.92 Å². The Balaban J connectivity index is 2.71. The van der Waals surface area contributed by atoms with Gasteiger partial charge in [-0.15, -0.1) is 0 Å². The number of nitrogens with zero attached hydrogens (tertiary/aromatic N) is 2. The van der Waals surface area contributed by atoms with Crippen molar-refractivity contribution in [3.63, 3.8) is 0 Å². The second kappa shape index (κ2) is 12.1. The smallest absolute Gasteiger partial charge is 0.407 e. The number of nitrogens with one attached hydrogen (secondary N) is 1. The predicted octanol–water partition coefficient (Wildman–Crippen LogP) is 4.49. The molecule has 2 aromatic rings. The van der Waals surface area contributed by atoms with Crippen molar-refractivity contribution in [3.05, 3.63) is 39.8 Å². The van der Waals surface area contributed by atoms with E-state index in [4.69, 9.17) is 14.3 Å². The van der Waals surface area contributed by atoms with Gasteiger partial charge in [-0.1, -0.05) is 27.2 Å². The molecule has 0 aliphatic heterocycles. The van der Waals surface area contributed by atoms with Crippen LogP contribution in [-0.4, -0.2) is 48.0 Å². The number of alkyl carbamates (subject to hydrolysis) is 1. The molecule has 9 heteroatoms. The third-order valence-corrected chi connectivity index (χ3v) is 5.23. The summed E-state index contributed by atoms with van der Waals surface area (Å²) in [4.78, 5) is 43.7. The molecule has 0 fully saturated rings. The van der Waals surface area contributed by atoms with Gasteiger partial charge in [0, 0.05) is 24.5 Å². The summed E-state index contributed by atoms with van der Waals surface area (Å²) in [6.07, 6.45) is 1.15. The summed E-state index contributed by atoms with van der Waals surface area (Å²) in [6, 6.07) is 4.89. The summed E-state index contributed by atoms with van der Waals surface area (Å²) < 4.78 is 13.2. The molecule has 0 unspecified atom stereocenters. The molecule has 0 radical (unpaired) electrons. The number of ether oxygens (including phenoxy) is 2. The van der Waals surface area contributed by atoms with E-state index < -0.39 is 11.7 Å². The van der Waals surface area contributed by atoms with Crippen molar-refractivity contribution in [3.8, 4) is 5.75 Å². The SMILES string of the molecule is CCCCOc1c(CNC(=O)OC(C)(C)C)n(CC(C)C)c(=O)c2ccc(C(=O)N(C)OC)cc12. The first-order chi connectivity index (χ1) is 16.4. The number of unbranched alkanes of at least 4 members (excludes halogenated alkanes) is 1. The van der Waals surface area contributed by atoms with Crippen molar-refractivity contribution in [2.45, 2.75) is 73.1 Å². The van der Waals surface area contributed by atoms with Crippen LogP contribution in [0.1, 0.15) is 70.4 Å². The molecule has 1 aromatic carbocycles. The van der Waals surface area contributed by atoms with Crippen molar-refractivity contribution < 1.29 is 23.9 Å². The molecular weight excluding hydrogens is 450 g/mol. The Kier molecular flexibility index (Phi) is 9.71. The highest BCUT2D eigenvalue weighted by atomic mass is 16.7. The molecule has 194 valence electrons. The quantitative estimate of drug-likeness (QED) is 0.390. The van der Waals surface area contributed by atoms with E-state index in [1.807, 2.05) is 13.8 Å². The Bertz CT molecular complexity index is 1100. The van der Waals surface area contributed by atoms with Crippen molar-refractivity contribution in [1.82, 2.24) is 14.9 Å². The van der Waals surface area contributed by atoms with Crippen molar-refractivity contribution in [1.29, 1.82) is 0 Å². The first-order valence-electron chi connectivity index (χ1n) is 12.0. The molecular formula is C26H39N3O6. The van der Waals surface area contributed by atoms with E-state index in [1.54, 1.807) is 43.5 Å². The number of rotatable bonds is 10. The summed E-state index contributed by atoms with van der Waals surface area (Å²) in [5, 5.41) is 4.83. The van der Waals surface area contributed by atoms with Crippen LogP contribution in [0.2, 0.25) is 0 Å². The van der Waals surface area contributed by atoms with Gasteiger partial charge in [-0.2, -0.15) is 0 Å². The van der Waals surface area contributed by atoms with Crippen molar-refractivity contribution >= 4 is 22.8 Å². The summed E-state index contributed by atoms with van der Waals surface area (Å²) in [5.41, 5.74) is 0.0162. The van der Waals surface area contributed by atoms with Crippen LogP contribution in [0.3, 0.4) is 0 Å². The third-order valence-electron chi connectivity index (χ3n) is 5.23. The summed E-state index contributed by atoms with van der Waals surface area (Å²) >= 11 is 0. The van der Waals surface area contributed by atoms with Gasteiger partial charge in [-0.05, 0) is 51.3 Å². The van der Waals surface area contributed by atoms with E-state index in [9.17, 15) is 14.4 Å². The van der Waals surface area contributed by atoms with E-state index in [2.05, 4.69) is 12.2 Å². The van der Waals surface area contributed by atoms with E-state index in [-0.39, 0.29) is 23.9 Å². The second-order valence-electron chi connectivity index (χ2n) is 9.89. The lowest BCUT2D eigenvalue weighted by atomic mass is 10.0. The molecule has 1 N–H and O–H groups in total.